The number of amides is 1. The van der Waals surface area contributed by atoms with Gasteiger partial charge in [-0.2, -0.15) is 0 Å². The zero-order chi connectivity index (χ0) is 15.5. The first-order valence-corrected chi connectivity index (χ1v) is 7.94. The Morgan fingerprint density at radius 1 is 1.41 bits per heavy atom. The SMILES string of the molecule is Cn1cnc(C(=O)N[C@@H]2CCC[C@@H](N3CCOCC3)[C@@H]2O)c1. The molecule has 7 nitrogen and oxygen atoms in total. The second-order valence-electron chi connectivity index (χ2n) is 6.14. The van der Waals surface area contributed by atoms with Crippen LogP contribution in [0.2, 0.25) is 0 Å². The molecule has 1 amide bonds. The summed E-state index contributed by atoms with van der Waals surface area (Å²) in [6.07, 6.45) is 5.52. The summed E-state index contributed by atoms with van der Waals surface area (Å²) in [6.45, 7) is 3.13. The van der Waals surface area contributed by atoms with Gasteiger partial charge in [0.25, 0.3) is 5.91 Å². The maximum absolute atomic E-state index is 12.2. The summed E-state index contributed by atoms with van der Waals surface area (Å²) in [6, 6.07) is -0.109. The van der Waals surface area contributed by atoms with Crippen LogP contribution in [0.4, 0.5) is 0 Å². The van der Waals surface area contributed by atoms with Gasteiger partial charge in [-0.1, -0.05) is 0 Å². The fourth-order valence-corrected chi connectivity index (χ4v) is 3.39. The highest BCUT2D eigenvalue weighted by Crippen LogP contribution is 2.24. The van der Waals surface area contributed by atoms with E-state index in [0.717, 1.165) is 32.4 Å². The van der Waals surface area contributed by atoms with Gasteiger partial charge >= 0.3 is 0 Å². The molecule has 0 aromatic carbocycles. The minimum absolute atomic E-state index is 0.103. The molecule has 2 aliphatic rings. The topological polar surface area (TPSA) is 79.6 Å². The molecule has 0 bridgehead atoms. The lowest BCUT2D eigenvalue weighted by atomic mass is 9.86. The van der Waals surface area contributed by atoms with E-state index in [9.17, 15) is 9.90 Å². The Bertz CT molecular complexity index is 513. The Balaban J connectivity index is 1.62. The van der Waals surface area contributed by atoms with Crippen molar-refractivity contribution in [3.63, 3.8) is 0 Å². The van der Waals surface area contributed by atoms with Crippen LogP contribution in [0.1, 0.15) is 29.8 Å². The summed E-state index contributed by atoms with van der Waals surface area (Å²) < 4.78 is 7.11. The predicted octanol–water partition coefficient (Wildman–Crippen LogP) is -0.236. The molecule has 3 rings (SSSR count). The number of aliphatic hydroxyl groups is 1. The van der Waals surface area contributed by atoms with Crippen molar-refractivity contribution >= 4 is 5.91 Å². The van der Waals surface area contributed by atoms with Gasteiger partial charge in [-0.05, 0) is 19.3 Å². The van der Waals surface area contributed by atoms with E-state index in [1.54, 1.807) is 17.1 Å². The second kappa shape index (κ2) is 6.76. The van der Waals surface area contributed by atoms with E-state index in [0.29, 0.717) is 18.9 Å². The third-order valence-electron chi connectivity index (χ3n) is 4.59. The minimum atomic E-state index is -0.542. The minimum Gasteiger partial charge on any atom is -0.389 e. The lowest BCUT2D eigenvalue weighted by Crippen LogP contribution is -2.58. The van der Waals surface area contributed by atoms with E-state index in [2.05, 4.69) is 15.2 Å². The average molecular weight is 308 g/mol. The lowest BCUT2D eigenvalue weighted by Gasteiger charge is -2.42. The Kier molecular flexibility index (Phi) is 4.75. The van der Waals surface area contributed by atoms with E-state index in [1.165, 1.54) is 0 Å². The van der Waals surface area contributed by atoms with E-state index in [-0.39, 0.29) is 18.0 Å². The predicted molar refractivity (Wildman–Crippen MR) is 80.5 cm³/mol. The van der Waals surface area contributed by atoms with Crippen LogP contribution in [0.5, 0.6) is 0 Å². The highest BCUT2D eigenvalue weighted by molar-refractivity contribution is 5.92. The standard InChI is InChI=1S/C15H24N4O3/c1-18-9-12(16-10-18)15(21)17-11-3-2-4-13(14(11)20)19-5-7-22-8-6-19/h9-11,13-14,20H,2-8H2,1H3,(H,17,21)/t11-,13-,14-/m1/s1. The Hall–Kier alpha value is -1.44. The van der Waals surface area contributed by atoms with Crippen LogP contribution < -0.4 is 5.32 Å². The molecule has 0 unspecified atom stereocenters. The fourth-order valence-electron chi connectivity index (χ4n) is 3.39. The summed E-state index contributed by atoms with van der Waals surface area (Å²) in [7, 11) is 1.83. The van der Waals surface area contributed by atoms with Crippen molar-refractivity contribution < 1.29 is 14.6 Å². The first-order valence-electron chi connectivity index (χ1n) is 7.94. The lowest BCUT2D eigenvalue weighted by molar-refractivity contribution is -0.0459. The molecule has 1 aliphatic carbocycles. The van der Waals surface area contributed by atoms with E-state index < -0.39 is 6.10 Å². The summed E-state index contributed by atoms with van der Waals surface area (Å²) >= 11 is 0. The smallest absolute Gasteiger partial charge is 0.271 e. The van der Waals surface area contributed by atoms with Crippen LogP contribution in [0.3, 0.4) is 0 Å². The Morgan fingerprint density at radius 2 is 2.18 bits per heavy atom. The number of carbonyl (C=O) groups is 1. The third-order valence-corrected chi connectivity index (χ3v) is 4.59. The molecule has 0 spiro atoms. The number of nitrogens with one attached hydrogen (secondary N) is 1. The number of morpholine rings is 1. The van der Waals surface area contributed by atoms with Crippen molar-refractivity contribution in [3.05, 3.63) is 18.2 Å². The van der Waals surface area contributed by atoms with Gasteiger partial charge in [-0.25, -0.2) is 4.98 Å². The molecule has 2 fully saturated rings. The molecule has 1 saturated heterocycles. The molecule has 3 atom stereocenters. The first-order chi connectivity index (χ1) is 10.6. The molecule has 122 valence electrons. The molecule has 2 heterocycles. The maximum atomic E-state index is 12.2. The van der Waals surface area contributed by atoms with Crippen molar-refractivity contribution in [1.29, 1.82) is 0 Å². The number of hydrogen-bond acceptors (Lipinski definition) is 5. The molecule has 2 N–H and O–H groups in total. The number of carbonyl (C=O) groups excluding carboxylic acids is 1. The molecular weight excluding hydrogens is 284 g/mol. The summed E-state index contributed by atoms with van der Waals surface area (Å²) in [5, 5.41) is 13.6. The molecule has 1 aromatic heterocycles. The average Bonchev–Trinajstić information content (AvgIpc) is 2.97. The van der Waals surface area contributed by atoms with Crippen LogP contribution in [-0.4, -0.2) is 70.0 Å². The van der Waals surface area contributed by atoms with Gasteiger partial charge in [0.15, 0.2) is 0 Å². The van der Waals surface area contributed by atoms with Crippen LogP contribution in [0.25, 0.3) is 0 Å². The molecule has 7 heteroatoms. The number of rotatable bonds is 3. The highest BCUT2D eigenvalue weighted by atomic mass is 16.5. The normalized spacial score (nSPS) is 30.2. The van der Waals surface area contributed by atoms with Gasteiger partial charge in [0.05, 0.1) is 31.7 Å². The zero-order valence-electron chi connectivity index (χ0n) is 12.9. The number of ether oxygens (including phenoxy) is 1. The van der Waals surface area contributed by atoms with Gasteiger partial charge in [0.2, 0.25) is 0 Å². The number of aromatic nitrogens is 2. The monoisotopic (exact) mass is 308 g/mol. The van der Waals surface area contributed by atoms with Crippen molar-refractivity contribution in [3.8, 4) is 0 Å². The fraction of sp³-hybridized carbons (Fsp3) is 0.733. The Labute approximate surface area is 130 Å². The summed E-state index contributed by atoms with van der Waals surface area (Å²) in [4.78, 5) is 18.6. The number of hydrogen-bond donors (Lipinski definition) is 2. The van der Waals surface area contributed by atoms with Crippen molar-refractivity contribution in [2.24, 2.45) is 7.05 Å². The van der Waals surface area contributed by atoms with Gasteiger partial charge in [0, 0.05) is 32.4 Å². The first kappa shape index (κ1) is 15.5. The summed E-state index contributed by atoms with van der Waals surface area (Å²) in [5.74, 6) is -0.215. The van der Waals surface area contributed by atoms with Gasteiger partial charge in [-0.3, -0.25) is 9.69 Å². The number of aliphatic hydroxyl groups excluding tert-OH is 1. The molecule has 1 aliphatic heterocycles. The van der Waals surface area contributed by atoms with E-state index >= 15 is 0 Å². The Morgan fingerprint density at radius 3 is 2.86 bits per heavy atom. The summed E-state index contributed by atoms with van der Waals surface area (Å²) in [5.41, 5.74) is 0.392. The van der Waals surface area contributed by atoms with Gasteiger partial charge in [0.1, 0.15) is 5.69 Å². The van der Waals surface area contributed by atoms with E-state index in [4.69, 9.17) is 4.74 Å². The van der Waals surface area contributed by atoms with Crippen molar-refractivity contribution in [2.75, 3.05) is 26.3 Å². The van der Waals surface area contributed by atoms with Crippen LogP contribution in [-0.2, 0) is 11.8 Å². The number of nitrogens with zero attached hydrogens (tertiary/aromatic N) is 3. The van der Waals surface area contributed by atoms with E-state index in [1.807, 2.05) is 7.05 Å². The van der Waals surface area contributed by atoms with Gasteiger partial charge < -0.3 is 19.7 Å². The number of imidazole rings is 1. The number of aryl methyl sites for hydroxylation is 1. The zero-order valence-corrected chi connectivity index (χ0v) is 12.9. The maximum Gasteiger partial charge on any atom is 0.271 e. The second-order valence-corrected chi connectivity index (χ2v) is 6.14. The molecule has 1 aromatic rings. The van der Waals surface area contributed by atoms with Crippen LogP contribution in [0, 0.1) is 0 Å². The van der Waals surface area contributed by atoms with Crippen LogP contribution in [0.15, 0.2) is 12.5 Å². The molecule has 22 heavy (non-hydrogen) atoms. The van der Waals surface area contributed by atoms with Crippen molar-refractivity contribution in [1.82, 2.24) is 19.8 Å². The quantitative estimate of drug-likeness (QED) is 0.806. The molecule has 1 saturated carbocycles. The van der Waals surface area contributed by atoms with Crippen LogP contribution >= 0.6 is 0 Å². The highest BCUT2D eigenvalue weighted by Gasteiger charge is 2.36. The third kappa shape index (κ3) is 3.31. The van der Waals surface area contributed by atoms with Gasteiger partial charge in [-0.15, -0.1) is 0 Å². The molecule has 0 radical (unpaired) electrons. The van der Waals surface area contributed by atoms with Crippen molar-refractivity contribution in [2.45, 2.75) is 37.5 Å². The molecular formula is C15H24N4O3. The largest absolute Gasteiger partial charge is 0.389 e.